The number of ether oxygens (including phenoxy) is 1. The molecule has 0 atom stereocenters. The van der Waals surface area contributed by atoms with Crippen LogP contribution in [-0.4, -0.2) is 23.2 Å². The first-order chi connectivity index (χ1) is 10.3. The van der Waals surface area contributed by atoms with E-state index in [1.54, 1.807) is 7.11 Å². The third-order valence-corrected chi connectivity index (χ3v) is 3.66. The maximum absolute atomic E-state index is 5.37. The minimum absolute atomic E-state index is 0.817. The van der Waals surface area contributed by atoms with Crippen molar-refractivity contribution >= 4 is 17.0 Å². The van der Waals surface area contributed by atoms with E-state index in [0.717, 1.165) is 35.7 Å². The highest BCUT2D eigenvalue weighted by Gasteiger charge is 2.07. The first kappa shape index (κ1) is 13.5. The van der Waals surface area contributed by atoms with Crippen molar-refractivity contribution in [1.29, 1.82) is 0 Å². The van der Waals surface area contributed by atoms with Crippen molar-refractivity contribution in [3.8, 4) is 5.75 Å². The van der Waals surface area contributed by atoms with Gasteiger partial charge in [0.2, 0.25) is 5.95 Å². The third-order valence-electron chi connectivity index (χ3n) is 3.66. The molecule has 0 aliphatic rings. The minimum Gasteiger partial charge on any atom is -0.496 e. The predicted octanol–water partition coefficient (Wildman–Crippen LogP) is 3.24. The molecule has 21 heavy (non-hydrogen) atoms. The Kier molecular flexibility index (Phi) is 3.77. The van der Waals surface area contributed by atoms with E-state index in [2.05, 4.69) is 27.0 Å². The lowest BCUT2D eigenvalue weighted by molar-refractivity contribution is 0.410. The average Bonchev–Trinajstić information content (AvgIpc) is 2.85. The van der Waals surface area contributed by atoms with Crippen LogP contribution in [0.4, 0.5) is 5.95 Å². The highest BCUT2D eigenvalue weighted by Crippen LogP contribution is 2.19. The summed E-state index contributed by atoms with van der Waals surface area (Å²) in [5.41, 5.74) is 3.35. The van der Waals surface area contributed by atoms with Gasteiger partial charge < -0.3 is 14.6 Å². The maximum atomic E-state index is 5.37. The van der Waals surface area contributed by atoms with Crippen LogP contribution >= 0.6 is 0 Å². The largest absolute Gasteiger partial charge is 0.496 e. The Morgan fingerprint density at radius 2 is 1.86 bits per heavy atom. The van der Waals surface area contributed by atoms with Crippen molar-refractivity contribution in [3.05, 3.63) is 54.1 Å². The Labute approximate surface area is 124 Å². The summed E-state index contributed by atoms with van der Waals surface area (Å²) in [4.78, 5) is 4.61. The Morgan fingerprint density at radius 3 is 2.67 bits per heavy atom. The zero-order valence-electron chi connectivity index (χ0n) is 12.3. The van der Waals surface area contributed by atoms with E-state index in [0.29, 0.717) is 0 Å². The van der Waals surface area contributed by atoms with Gasteiger partial charge in [-0.15, -0.1) is 0 Å². The Bertz CT molecular complexity index is 749. The normalized spacial score (nSPS) is 10.8. The second kappa shape index (κ2) is 5.87. The molecule has 4 heteroatoms. The monoisotopic (exact) mass is 281 g/mol. The molecular formula is C17H19N3O. The molecule has 0 saturated carbocycles. The molecule has 1 N–H and O–H groups in total. The topological polar surface area (TPSA) is 39.1 Å². The van der Waals surface area contributed by atoms with Gasteiger partial charge in [0.25, 0.3) is 0 Å². The SMILES string of the molecule is COc1ccccc1CCNc1nc2ccccc2n1C. The van der Waals surface area contributed by atoms with Gasteiger partial charge in [-0.1, -0.05) is 30.3 Å². The molecule has 3 aromatic rings. The third kappa shape index (κ3) is 2.70. The molecule has 0 fully saturated rings. The van der Waals surface area contributed by atoms with Crippen LogP contribution in [0.15, 0.2) is 48.5 Å². The number of hydrogen-bond donors (Lipinski definition) is 1. The summed E-state index contributed by atoms with van der Waals surface area (Å²) in [7, 11) is 3.73. The molecule has 1 aromatic heterocycles. The molecule has 0 saturated heterocycles. The number of imidazole rings is 1. The van der Waals surface area contributed by atoms with Gasteiger partial charge in [0.1, 0.15) is 5.75 Å². The summed E-state index contributed by atoms with van der Waals surface area (Å²) in [6.07, 6.45) is 0.896. The summed E-state index contributed by atoms with van der Waals surface area (Å²) in [5.74, 6) is 1.83. The molecule has 0 aliphatic carbocycles. The van der Waals surface area contributed by atoms with Crippen LogP contribution in [0.3, 0.4) is 0 Å². The van der Waals surface area contributed by atoms with Crippen LogP contribution in [0, 0.1) is 0 Å². The summed E-state index contributed by atoms with van der Waals surface area (Å²) >= 11 is 0. The number of rotatable bonds is 5. The lowest BCUT2D eigenvalue weighted by Gasteiger charge is -2.09. The molecule has 1 heterocycles. The van der Waals surface area contributed by atoms with Crippen molar-refractivity contribution in [2.24, 2.45) is 7.05 Å². The van der Waals surface area contributed by atoms with Crippen LogP contribution in [0.1, 0.15) is 5.56 Å². The second-order valence-corrected chi connectivity index (χ2v) is 4.97. The molecule has 0 spiro atoms. The molecule has 4 nitrogen and oxygen atoms in total. The van der Waals surface area contributed by atoms with Gasteiger partial charge in [-0.2, -0.15) is 0 Å². The van der Waals surface area contributed by atoms with E-state index in [-0.39, 0.29) is 0 Å². The van der Waals surface area contributed by atoms with Crippen molar-refractivity contribution in [2.75, 3.05) is 19.0 Å². The zero-order valence-corrected chi connectivity index (χ0v) is 12.3. The van der Waals surface area contributed by atoms with Gasteiger partial charge in [-0.25, -0.2) is 4.98 Å². The van der Waals surface area contributed by atoms with Crippen molar-refractivity contribution in [1.82, 2.24) is 9.55 Å². The molecule has 0 amide bonds. The highest BCUT2D eigenvalue weighted by molar-refractivity contribution is 5.78. The van der Waals surface area contributed by atoms with Crippen LogP contribution < -0.4 is 10.1 Å². The number of fused-ring (bicyclic) bond motifs is 1. The summed E-state index contributed by atoms with van der Waals surface area (Å²) in [5, 5.41) is 3.40. The van der Waals surface area contributed by atoms with E-state index in [9.17, 15) is 0 Å². The molecule has 3 rings (SSSR count). The van der Waals surface area contributed by atoms with E-state index in [1.165, 1.54) is 5.56 Å². The number of aromatic nitrogens is 2. The van der Waals surface area contributed by atoms with Gasteiger partial charge >= 0.3 is 0 Å². The van der Waals surface area contributed by atoms with Crippen LogP contribution in [0.2, 0.25) is 0 Å². The van der Waals surface area contributed by atoms with Crippen molar-refractivity contribution < 1.29 is 4.74 Å². The molecule has 0 aliphatic heterocycles. The first-order valence-corrected chi connectivity index (χ1v) is 7.07. The summed E-state index contributed by atoms with van der Waals surface area (Å²) < 4.78 is 7.45. The molecule has 0 bridgehead atoms. The van der Waals surface area contributed by atoms with E-state index in [1.807, 2.05) is 43.4 Å². The minimum atomic E-state index is 0.817. The standard InChI is InChI=1S/C17H19N3O/c1-20-15-9-5-4-8-14(15)19-17(20)18-12-11-13-7-3-6-10-16(13)21-2/h3-10H,11-12H2,1-2H3,(H,18,19). The van der Waals surface area contributed by atoms with E-state index >= 15 is 0 Å². The highest BCUT2D eigenvalue weighted by atomic mass is 16.5. The fourth-order valence-electron chi connectivity index (χ4n) is 2.52. The lowest BCUT2D eigenvalue weighted by atomic mass is 10.1. The molecule has 0 unspecified atom stereocenters. The smallest absolute Gasteiger partial charge is 0.203 e. The Morgan fingerprint density at radius 1 is 1.10 bits per heavy atom. The molecule has 108 valence electrons. The maximum Gasteiger partial charge on any atom is 0.203 e. The van der Waals surface area contributed by atoms with Crippen LogP contribution in [0.5, 0.6) is 5.75 Å². The summed E-state index contributed by atoms with van der Waals surface area (Å²) in [6.45, 7) is 0.817. The van der Waals surface area contributed by atoms with Gasteiger partial charge in [0.15, 0.2) is 0 Å². The molecule has 2 aromatic carbocycles. The predicted molar refractivity (Wildman–Crippen MR) is 85.9 cm³/mol. The zero-order chi connectivity index (χ0) is 14.7. The quantitative estimate of drug-likeness (QED) is 0.780. The van der Waals surface area contributed by atoms with Gasteiger partial charge in [-0.05, 0) is 30.2 Å². The number of benzene rings is 2. The Hall–Kier alpha value is -2.49. The number of para-hydroxylation sites is 3. The molecular weight excluding hydrogens is 262 g/mol. The number of anilines is 1. The first-order valence-electron chi connectivity index (χ1n) is 7.07. The van der Waals surface area contributed by atoms with Crippen molar-refractivity contribution in [3.63, 3.8) is 0 Å². The fourth-order valence-corrected chi connectivity index (χ4v) is 2.52. The Balaban J connectivity index is 1.71. The summed E-state index contributed by atoms with van der Waals surface area (Å²) in [6, 6.07) is 16.2. The van der Waals surface area contributed by atoms with Gasteiger partial charge in [0.05, 0.1) is 18.1 Å². The van der Waals surface area contributed by atoms with Gasteiger partial charge in [0, 0.05) is 13.6 Å². The number of methoxy groups -OCH3 is 1. The number of hydrogen-bond acceptors (Lipinski definition) is 3. The van der Waals surface area contributed by atoms with Crippen LogP contribution in [0.25, 0.3) is 11.0 Å². The van der Waals surface area contributed by atoms with E-state index < -0.39 is 0 Å². The average molecular weight is 281 g/mol. The van der Waals surface area contributed by atoms with Crippen molar-refractivity contribution in [2.45, 2.75) is 6.42 Å². The lowest BCUT2D eigenvalue weighted by Crippen LogP contribution is -2.09. The number of aryl methyl sites for hydroxylation is 1. The molecule has 0 radical (unpaired) electrons. The van der Waals surface area contributed by atoms with E-state index in [4.69, 9.17) is 4.74 Å². The van der Waals surface area contributed by atoms with Crippen LogP contribution in [-0.2, 0) is 13.5 Å². The number of nitrogens with zero attached hydrogens (tertiary/aromatic N) is 2. The fraction of sp³-hybridized carbons (Fsp3) is 0.235. The number of nitrogens with one attached hydrogen (secondary N) is 1. The second-order valence-electron chi connectivity index (χ2n) is 4.97. The van der Waals surface area contributed by atoms with Gasteiger partial charge in [-0.3, -0.25) is 0 Å².